The van der Waals surface area contributed by atoms with Crippen LogP contribution in [0.3, 0.4) is 0 Å². The van der Waals surface area contributed by atoms with Crippen LogP contribution in [0.25, 0.3) is 6.08 Å². The molecule has 14 heavy (non-hydrogen) atoms. The molecule has 0 saturated carbocycles. The van der Waals surface area contributed by atoms with E-state index in [-0.39, 0.29) is 6.10 Å². The van der Waals surface area contributed by atoms with Crippen molar-refractivity contribution in [1.82, 2.24) is 4.98 Å². The summed E-state index contributed by atoms with van der Waals surface area (Å²) in [5, 5.41) is 0. The van der Waals surface area contributed by atoms with Gasteiger partial charge in [-0.25, -0.2) is 0 Å². The summed E-state index contributed by atoms with van der Waals surface area (Å²) >= 11 is 0. The first-order valence-corrected chi connectivity index (χ1v) is 4.85. The Hall–Kier alpha value is -1.57. The summed E-state index contributed by atoms with van der Waals surface area (Å²) < 4.78 is 5.40. The zero-order valence-electron chi connectivity index (χ0n) is 7.97. The first-order chi connectivity index (χ1) is 6.95. The van der Waals surface area contributed by atoms with E-state index in [0.717, 1.165) is 18.5 Å². The van der Waals surface area contributed by atoms with E-state index in [1.54, 1.807) is 12.5 Å². The molecule has 2 heterocycles. The van der Waals surface area contributed by atoms with E-state index < -0.39 is 0 Å². The lowest BCUT2D eigenvalue weighted by Crippen LogP contribution is -2.08. The van der Waals surface area contributed by atoms with Gasteiger partial charge in [-0.15, -0.1) is 0 Å². The van der Waals surface area contributed by atoms with Crippen molar-refractivity contribution in [3.8, 4) is 0 Å². The second-order valence-electron chi connectivity index (χ2n) is 3.24. The molecule has 0 aliphatic carbocycles. The summed E-state index contributed by atoms with van der Waals surface area (Å²) in [6.07, 6.45) is 12.0. The Morgan fingerprint density at radius 2 is 2.43 bits per heavy atom. The van der Waals surface area contributed by atoms with Crippen LogP contribution in [0.2, 0.25) is 0 Å². The molecule has 0 spiro atoms. The molecular weight excluding hydrogens is 174 g/mol. The SMILES string of the molecule is C1=CO[C@@H](/C=C\c2ccccn2)CC1. The van der Waals surface area contributed by atoms with Crippen molar-refractivity contribution in [3.05, 3.63) is 48.5 Å². The van der Waals surface area contributed by atoms with Crippen molar-refractivity contribution >= 4 is 6.08 Å². The largest absolute Gasteiger partial charge is 0.494 e. The van der Waals surface area contributed by atoms with E-state index in [2.05, 4.69) is 11.1 Å². The molecule has 1 aromatic rings. The zero-order chi connectivity index (χ0) is 9.64. The molecule has 0 radical (unpaired) electrons. The van der Waals surface area contributed by atoms with E-state index in [4.69, 9.17) is 4.74 Å². The second kappa shape index (κ2) is 4.61. The van der Waals surface area contributed by atoms with Gasteiger partial charge >= 0.3 is 0 Å². The van der Waals surface area contributed by atoms with Crippen molar-refractivity contribution in [2.75, 3.05) is 0 Å². The maximum absolute atomic E-state index is 5.40. The highest BCUT2D eigenvalue weighted by Crippen LogP contribution is 2.12. The van der Waals surface area contributed by atoms with E-state index in [0.29, 0.717) is 0 Å². The normalized spacial score (nSPS) is 21.0. The second-order valence-corrected chi connectivity index (χ2v) is 3.24. The highest BCUT2D eigenvalue weighted by atomic mass is 16.5. The Labute approximate surface area is 83.9 Å². The average molecular weight is 187 g/mol. The minimum Gasteiger partial charge on any atom is -0.494 e. The number of hydrogen-bond donors (Lipinski definition) is 0. The topological polar surface area (TPSA) is 22.1 Å². The van der Waals surface area contributed by atoms with Crippen molar-refractivity contribution in [1.29, 1.82) is 0 Å². The number of hydrogen-bond acceptors (Lipinski definition) is 2. The van der Waals surface area contributed by atoms with Crippen LogP contribution >= 0.6 is 0 Å². The number of pyridine rings is 1. The molecule has 1 atom stereocenters. The number of ether oxygens (including phenoxy) is 1. The molecule has 0 aromatic carbocycles. The predicted molar refractivity (Wildman–Crippen MR) is 56.5 cm³/mol. The van der Waals surface area contributed by atoms with Gasteiger partial charge in [-0.1, -0.05) is 6.07 Å². The fourth-order valence-electron chi connectivity index (χ4n) is 1.38. The van der Waals surface area contributed by atoms with Crippen LogP contribution in [-0.2, 0) is 4.74 Å². The highest BCUT2D eigenvalue weighted by Gasteiger charge is 2.05. The smallest absolute Gasteiger partial charge is 0.117 e. The monoisotopic (exact) mass is 187 g/mol. The minimum absolute atomic E-state index is 0.210. The first-order valence-electron chi connectivity index (χ1n) is 4.85. The summed E-state index contributed by atoms with van der Waals surface area (Å²) in [4.78, 5) is 4.20. The lowest BCUT2D eigenvalue weighted by Gasteiger charge is -2.14. The van der Waals surface area contributed by atoms with Gasteiger partial charge in [0.25, 0.3) is 0 Å². The molecule has 1 aliphatic heterocycles. The average Bonchev–Trinajstić information content (AvgIpc) is 2.29. The quantitative estimate of drug-likeness (QED) is 0.710. The zero-order valence-corrected chi connectivity index (χ0v) is 7.97. The Bertz CT molecular complexity index is 329. The minimum atomic E-state index is 0.210. The Balaban J connectivity index is 1.97. The number of allylic oxidation sites excluding steroid dienone is 1. The van der Waals surface area contributed by atoms with Gasteiger partial charge in [0.2, 0.25) is 0 Å². The number of aromatic nitrogens is 1. The maximum atomic E-state index is 5.40. The van der Waals surface area contributed by atoms with E-state index in [1.807, 2.05) is 30.4 Å². The van der Waals surface area contributed by atoms with Crippen LogP contribution in [0.5, 0.6) is 0 Å². The molecule has 1 aromatic heterocycles. The van der Waals surface area contributed by atoms with Crippen LogP contribution < -0.4 is 0 Å². The fraction of sp³-hybridized carbons (Fsp3) is 0.250. The molecule has 0 amide bonds. The van der Waals surface area contributed by atoms with Gasteiger partial charge in [0.15, 0.2) is 0 Å². The third-order valence-corrected chi connectivity index (χ3v) is 2.14. The summed E-state index contributed by atoms with van der Waals surface area (Å²) in [6, 6.07) is 5.88. The molecule has 2 nitrogen and oxygen atoms in total. The third-order valence-electron chi connectivity index (χ3n) is 2.14. The van der Waals surface area contributed by atoms with Crippen molar-refractivity contribution in [3.63, 3.8) is 0 Å². The number of rotatable bonds is 2. The first kappa shape index (κ1) is 9.00. The fourth-order valence-corrected chi connectivity index (χ4v) is 1.38. The molecule has 72 valence electrons. The van der Waals surface area contributed by atoms with Gasteiger partial charge in [0.1, 0.15) is 6.10 Å². The Kier molecular flexibility index (Phi) is 2.96. The van der Waals surface area contributed by atoms with Crippen molar-refractivity contribution in [2.24, 2.45) is 0 Å². The van der Waals surface area contributed by atoms with Crippen LogP contribution in [-0.4, -0.2) is 11.1 Å². The molecule has 0 N–H and O–H groups in total. The maximum Gasteiger partial charge on any atom is 0.117 e. The third kappa shape index (κ3) is 2.46. The van der Waals surface area contributed by atoms with Gasteiger partial charge in [-0.3, -0.25) is 4.98 Å². The molecule has 0 saturated heterocycles. The van der Waals surface area contributed by atoms with E-state index in [9.17, 15) is 0 Å². The van der Waals surface area contributed by atoms with Gasteiger partial charge in [-0.05, 0) is 43.2 Å². The van der Waals surface area contributed by atoms with Crippen LogP contribution in [0.4, 0.5) is 0 Å². The van der Waals surface area contributed by atoms with Gasteiger partial charge < -0.3 is 4.74 Å². The lowest BCUT2D eigenvalue weighted by atomic mass is 10.1. The van der Waals surface area contributed by atoms with Crippen LogP contribution in [0, 0.1) is 0 Å². The molecule has 0 unspecified atom stereocenters. The molecule has 2 heteroatoms. The van der Waals surface area contributed by atoms with Crippen molar-refractivity contribution in [2.45, 2.75) is 18.9 Å². The van der Waals surface area contributed by atoms with Gasteiger partial charge in [0, 0.05) is 6.20 Å². The van der Waals surface area contributed by atoms with Crippen molar-refractivity contribution < 1.29 is 4.74 Å². The molecule has 1 aliphatic rings. The Morgan fingerprint density at radius 3 is 3.14 bits per heavy atom. The van der Waals surface area contributed by atoms with Crippen LogP contribution in [0.15, 0.2) is 42.8 Å². The summed E-state index contributed by atoms with van der Waals surface area (Å²) in [6.45, 7) is 0. The van der Waals surface area contributed by atoms with E-state index >= 15 is 0 Å². The molecule has 0 fully saturated rings. The molecule has 2 rings (SSSR count). The highest BCUT2D eigenvalue weighted by molar-refractivity contribution is 5.44. The summed E-state index contributed by atoms with van der Waals surface area (Å²) in [7, 11) is 0. The lowest BCUT2D eigenvalue weighted by molar-refractivity contribution is 0.166. The summed E-state index contributed by atoms with van der Waals surface area (Å²) in [5.74, 6) is 0. The Morgan fingerprint density at radius 1 is 1.43 bits per heavy atom. The van der Waals surface area contributed by atoms with Crippen LogP contribution in [0.1, 0.15) is 18.5 Å². The molecular formula is C12H13NO. The van der Waals surface area contributed by atoms with E-state index in [1.165, 1.54) is 0 Å². The standard InChI is InChI=1S/C12H13NO/c1-3-9-13-11(5-1)7-8-12-6-2-4-10-14-12/h1,3-5,7-10,12H,2,6H2/b8-7-/t12-/m1/s1. The van der Waals surface area contributed by atoms with Gasteiger partial charge in [-0.2, -0.15) is 0 Å². The summed E-state index contributed by atoms with van der Waals surface area (Å²) in [5.41, 5.74) is 0.977. The molecule has 0 bridgehead atoms. The predicted octanol–water partition coefficient (Wildman–Crippen LogP) is 2.79. The van der Waals surface area contributed by atoms with Gasteiger partial charge in [0.05, 0.1) is 12.0 Å². The number of nitrogens with zero attached hydrogens (tertiary/aromatic N) is 1.